The van der Waals surface area contributed by atoms with Crippen molar-refractivity contribution in [1.29, 1.82) is 0 Å². The number of anilines is 1. The van der Waals surface area contributed by atoms with Crippen LogP contribution in [0.5, 0.6) is 0 Å². The Hall–Kier alpha value is -1.39. The van der Waals surface area contributed by atoms with Crippen molar-refractivity contribution in [3.05, 3.63) is 29.8 Å². The van der Waals surface area contributed by atoms with Crippen molar-refractivity contribution in [2.75, 3.05) is 11.9 Å². The monoisotopic (exact) mass is 248 g/mol. The van der Waals surface area contributed by atoms with Crippen LogP contribution in [-0.4, -0.2) is 23.7 Å². The minimum absolute atomic E-state index is 0.114. The van der Waals surface area contributed by atoms with Crippen molar-refractivity contribution in [3.8, 4) is 0 Å². The predicted molar refractivity (Wildman–Crippen MR) is 71.2 cm³/mol. The molecule has 0 spiro atoms. The zero-order chi connectivity index (χ0) is 13.0. The summed E-state index contributed by atoms with van der Waals surface area (Å²) in [6.07, 6.45) is 3.83. The van der Waals surface area contributed by atoms with Gasteiger partial charge in [0.25, 0.3) is 0 Å². The lowest BCUT2D eigenvalue weighted by atomic mass is 10.1. The average molecular weight is 248 g/mol. The van der Waals surface area contributed by atoms with Crippen LogP contribution < -0.4 is 11.1 Å². The van der Waals surface area contributed by atoms with E-state index in [1.54, 1.807) is 0 Å². The van der Waals surface area contributed by atoms with Gasteiger partial charge in [-0.05, 0) is 36.5 Å². The fourth-order valence-corrected chi connectivity index (χ4v) is 1.94. The Balaban J connectivity index is 1.85. The molecule has 18 heavy (non-hydrogen) atoms. The standard InChI is InChI=1S/C14H20N2O2/c15-13(9-11-1-2-11)14(18)16-12-5-3-10(4-6-12)7-8-17/h3-6,11,13,17H,1-2,7-9,15H2,(H,16,18). The largest absolute Gasteiger partial charge is 0.396 e. The van der Waals surface area contributed by atoms with Gasteiger partial charge in [0.2, 0.25) is 5.91 Å². The summed E-state index contributed by atoms with van der Waals surface area (Å²) >= 11 is 0. The molecule has 1 aliphatic carbocycles. The minimum Gasteiger partial charge on any atom is -0.396 e. The van der Waals surface area contributed by atoms with Crippen molar-refractivity contribution >= 4 is 11.6 Å². The molecule has 1 amide bonds. The molecule has 0 radical (unpaired) electrons. The van der Waals surface area contributed by atoms with E-state index >= 15 is 0 Å². The Bertz CT molecular complexity index is 399. The molecule has 1 atom stereocenters. The van der Waals surface area contributed by atoms with Gasteiger partial charge in [-0.15, -0.1) is 0 Å². The minimum atomic E-state index is -0.408. The highest BCUT2D eigenvalue weighted by Gasteiger charge is 2.26. The average Bonchev–Trinajstić information content (AvgIpc) is 3.16. The highest BCUT2D eigenvalue weighted by Crippen LogP contribution is 2.33. The summed E-state index contributed by atoms with van der Waals surface area (Å²) in [4.78, 5) is 11.8. The lowest BCUT2D eigenvalue weighted by molar-refractivity contribution is -0.117. The molecule has 0 aliphatic heterocycles. The number of nitrogens with two attached hydrogens (primary N) is 1. The van der Waals surface area contributed by atoms with E-state index in [4.69, 9.17) is 10.8 Å². The van der Waals surface area contributed by atoms with E-state index in [1.165, 1.54) is 12.8 Å². The SMILES string of the molecule is NC(CC1CC1)C(=O)Nc1ccc(CCO)cc1. The number of carbonyl (C=O) groups is 1. The van der Waals surface area contributed by atoms with Crippen LogP contribution in [0.3, 0.4) is 0 Å². The normalized spacial score (nSPS) is 16.3. The van der Waals surface area contributed by atoms with E-state index in [2.05, 4.69) is 5.32 Å². The number of amides is 1. The fourth-order valence-electron chi connectivity index (χ4n) is 1.94. The Morgan fingerprint density at radius 1 is 1.39 bits per heavy atom. The predicted octanol–water partition coefficient (Wildman–Crippen LogP) is 1.29. The van der Waals surface area contributed by atoms with Gasteiger partial charge in [0.1, 0.15) is 0 Å². The lowest BCUT2D eigenvalue weighted by Gasteiger charge is -2.12. The maximum atomic E-state index is 11.8. The first kappa shape index (κ1) is 13.1. The van der Waals surface area contributed by atoms with Crippen LogP contribution in [0.25, 0.3) is 0 Å². The number of rotatable bonds is 6. The molecule has 0 bridgehead atoms. The highest BCUT2D eigenvalue weighted by atomic mass is 16.2. The molecule has 2 rings (SSSR count). The number of aliphatic hydroxyl groups is 1. The second-order valence-corrected chi connectivity index (χ2v) is 4.95. The van der Waals surface area contributed by atoms with E-state index in [0.29, 0.717) is 12.3 Å². The number of hydrogen-bond donors (Lipinski definition) is 3. The third-order valence-electron chi connectivity index (χ3n) is 3.24. The zero-order valence-corrected chi connectivity index (χ0v) is 10.4. The van der Waals surface area contributed by atoms with Crippen molar-refractivity contribution in [2.24, 2.45) is 11.7 Å². The molecule has 98 valence electrons. The van der Waals surface area contributed by atoms with Crippen LogP contribution >= 0.6 is 0 Å². The molecular weight excluding hydrogens is 228 g/mol. The third-order valence-corrected chi connectivity index (χ3v) is 3.24. The molecule has 1 unspecified atom stereocenters. The quantitative estimate of drug-likeness (QED) is 0.710. The lowest BCUT2D eigenvalue weighted by Crippen LogP contribution is -2.35. The van der Waals surface area contributed by atoms with Crippen LogP contribution in [0.15, 0.2) is 24.3 Å². The maximum Gasteiger partial charge on any atom is 0.241 e. The molecule has 1 aromatic carbocycles. The van der Waals surface area contributed by atoms with Crippen molar-refractivity contribution in [1.82, 2.24) is 0 Å². The van der Waals surface area contributed by atoms with Crippen molar-refractivity contribution < 1.29 is 9.90 Å². The van der Waals surface area contributed by atoms with Gasteiger partial charge in [-0.2, -0.15) is 0 Å². The Kier molecular flexibility index (Phi) is 4.33. The molecule has 0 saturated heterocycles. The van der Waals surface area contributed by atoms with Crippen LogP contribution in [0.4, 0.5) is 5.69 Å². The number of nitrogens with one attached hydrogen (secondary N) is 1. The van der Waals surface area contributed by atoms with Crippen LogP contribution in [0, 0.1) is 5.92 Å². The molecule has 0 aromatic heterocycles. The second kappa shape index (κ2) is 5.98. The summed E-state index contributed by atoms with van der Waals surface area (Å²) in [7, 11) is 0. The molecule has 4 nitrogen and oxygen atoms in total. The van der Waals surface area contributed by atoms with Gasteiger partial charge >= 0.3 is 0 Å². The fraction of sp³-hybridized carbons (Fsp3) is 0.500. The zero-order valence-electron chi connectivity index (χ0n) is 10.4. The van der Waals surface area contributed by atoms with Crippen LogP contribution in [0.2, 0.25) is 0 Å². The van der Waals surface area contributed by atoms with E-state index < -0.39 is 6.04 Å². The first-order chi connectivity index (χ1) is 8.69. The molecule has 4 N–H and O–H groups in total. The van der Waals surface area contributed by atoms with E-state index in [-0.39, 0.29) is 12.5 Å². The molecule has 1 aromatic rings. The van der Waals surface area contributed by atoms with Gasteiger partial charge in [-0.1, -0.05) is 25.0 Å². The van der Waals surface area contributed by atoms with E-state index in [0.717, 1.165) is 17.7 Å². The topological polar surface area (TPSA) is 75.4 Å². The highest BCUT2D eigenvalue weighted by molar-refractivity contribution is 5.94. The van der Waals surface area contributed by atoms with Gasteiger partial charge in [-0.25, -0.2) is 0 Å². The first-order valence-electron chi connectivity index (χ1n) is 6.45. The summed E-state index contributed by atoms with van der Waals surface area (Å²) < 4.78 is 0. The summed E-state index contributed by atoms with van der Waals surface area (Å²) in [6.45, 7) is 0.137. The number of aliphatic hydroxyl groups excluding tert-OH is 1. The smallest absolute Gasteiger partial charge is 0.241 e. The molecule has 1 aliphatic rings. The summed E-state index contributed by atoms with van der Waals surface area (Å²) in [5.74, 6) is 0.537. The summed E-state index contributed by atoms with van der Waals surface area (Å²) in [6, 6.07) is 7.07. The molecule has 4 heteroatoms. The van der Waals surface area contributed by atoms with Gasteiger partial charge in [0, 0.05) is 12.3 Å². The van der Waals surface area contributed by atoms with Crippen LogP contribution in [0.1, 0.15) is 24.8 Å². The van der Waals surface area contributed by atoms with E-state index in [1.807, 2.05) is 24.3 Å². The van der Waals surface area contributed by atoms with Gasteiger partial charge in [0.15, 0.2) is 0 Å². The van der Waals surface area contributed by atoms with E-state index in [9.17, 15) is 4.79 Å². The van der Waals surface area contributed by atoms with Gasteiger partial charge < -0.3 is 16.2 Å². The number of carbonyl (C=O) groups excluding carboxylic acids is 1. The molecule has 0 heterocycles. The number of benzene rings is 1. The number of hydrogen-bond acceptors (Lipinski definition) is 3. The second-order valence-electron chi connectivity index (χ2n) is 4.95. The third kappa shape index (κ3) is 3.82. The van der Waals surface area contributed by atoms with Crippen molar-refractivity contribution in [3.63, 3.8) is 0 Å². The summed E-state index contributed by atoms with van der Waals surface area (Å²) in [5, 5.41) is 11.6. The Labute approximate surface area is 107 Å². The molecular formula is C14H20N2O2. The molecule has 1 saturated carbocycles. The van der Waals surface area contributed by atoms with Gasteiger partial charge in [0.05, 0.1) is 6.04 Å². The Morgan fingerprint density at radius 2 is 2.06 bits per heavy atom. The van der Waals surface area contributed by atoms with Crippen molar-refractivity contribution in [2.45, 2.75) is 31.7 Å². The first-order valence-corrected chi connectivity index (χ1v) is 6.45. The maximum absolute atomic E-state index is 11.8. The van der Waals surface area contributed by atoms with Crippen LogP contribution in [-0.2, 0) is 11.2 Å². The van der Waals surface area contributed by atoms with Gasteiger partial charge in [-0.3, -0.25) is 4.79 Å². The molecule has 1 fully saturated rings. The summed E-state index contributed by atoms with van der Waals surface area (Å²) in [5.41, 5.74) is 7.65. The Morgan fingerprint density at radius 3 is 2.61 bits per heavy atom.